The molecule has 1 rings (SSSR count). The molecule has 1 heterocycles. The number of rotatable bonds is 2. The minimum atomic E-state index is -0.451. The molecule has 0 aliphatic rings. The van der Waals surface area contributed by atoms with E-state index < -0.39 is 5.97 Å². The molecule has 0 saturated carbocycles. The monoisotopic (exact) mass is 205 g/mol. The molecule has 1 N–H and O–H groups in total. The summed E-state index contributed by atoms with van der Waals surface area (Å²) in [6, 6.07) is 3.22. The third-order valence-electron chi connectivity index (χ3n) is 1.59. The Kier molecular flexibility index (Phi) is 4.32. The topological polar surface area (TPSA) is 59.4 Å². The van der Waals surface area contributed by atoms with E-state index >= 15 is 0 Å². The number of hydrogen-bond acceptors (Lipinski definition) is 4. The number of aliphatic hydroxyl groups excluding tert-OH is 1. The number of nitrogens with zero attached hydrogens (tertiary/aromatic N) is 1. The first-order chi connectivity index (χ1) is 7.29. The molecule has 4 heteroatoms. The summed E-state index contributed by atoms with van der Waals surface area (Å²) in [6.45, 7) is 1.77. The van der Waals surface area contributed by atoms with E-state index in [4.69, 9.17) is 9.84 Å². The molecule has 0 atom stereocenters. The molecular formula is C11H11NO3. The third-order valence-corrected chi connectivity index (χ3v) is 1.59. The Hall–Kier alpha value is -1.86. The Balaban J connectivity index is 3.00. The van der Waals surface area contributed by atoms with E-state index in [-0.39, 0.29) is 6.61 Å². The molecule has 0 aromatic carbocycles. The van der Waals surface area contributed by atoms with Crippen molar-refractivity contribution in [2.24, 2.45) is 0 Å². The summed E-state index contributed by atoms with van der Waals surface area (Å²) in [5.41, 5.74) is 0.644. The maximum absolute atomic E-state index is 11.4. The van der Waals surface area contributed by atoms with Gasteiger partial charge in [0.05, 0.1) is 12.2 Å². The fraction of sp³-hybridized carbons (Fsp3) is 0.273. The molecule has 1 aromatic heterocycles. The molecule has 15 heavy (non-hydrogen) atoms. The first-order valence-electron chi connectivity index (χ1n) is 4.51. The minimum Gasteiger partial charge on any atom is -0.462 e. The van der Waals surface area contributed by atoms with Crippen LogP contribution in [0.5, 0.6) is 0 Å². The number of hydrogen-bond donors (Lipinski definition) is 1. The van der Waals surface area contributed by atoms with Crippen LogP contribution in [0.15, 0.2) is 18.3 Å². The maximum atomic E-state index is 11.4. The van der Waals surface area contributed by atoms with Gasteiger partial charge in [-0.1, -0.05) is 5.92 Å². The molecule has 0 fully saturated rings. The molecule has 78 valence electrons. The van der Waals surface area contributed by atoms with Crippen molar-refractivity contribution in [3.8, 4) is 11.8 Å². The predicted molar refractivity (Wildman–Crippen MR) is 54.2 cm³/mol. The molecule has 0 spiro atoms. The molecular weight excluding hydrogens is 194 g/mol. The van der Waals surface area contributed by atoms with Gasteiger partial charge in [0.15, 0.2) is 0 Å². The summed E-state index contributed by atoms with van der Waals surface area (Å²) in [5.74, 6) is 4.58. The smallest absolute Gasteiger partial charge is 0.341 e. The number of aromatic nitrogens is 1. The van der Waals surface area contributed by atoms with Crippen molar-refractivity contribution < 1.29 is 14.6 Å². The van der Waals surface area contributed by atoms with Crippen molar-refractivity contribution in [3.05, 3.63) is 29.6 Å². The van der Waals surface area contributed by atoms with Gasteiger partial charge in [-0.05, 0) is 25.0 Å². The Morgan fingerprint density at radius 2 is 2.47 bits per heavy atom. The van der Waals surface area contributed by atoms with E-state index in [1.54, 1.807) is 19.1 Å². The Morgan fingerprint density at radius 3 is 3.13 bits per heavy atom. The zero-order valence-corrected chi connectivity index (χ0v) is 8.36. The Bertz CT molecular complexity index is 404. The lowest BCUT2D eigenvalue weighted by Crippen LogP contribution is -2.07. The fourth-order valence-electron chi connectivity index (χ4n) is 1.00. The predicted octanol–water partition coefficient (Wildman–Crippen LogP) is 0.602. The number of pyridine rings is 1. The highest BCUT2D eigenvalue weighted by Gasteiger charge is 2.10. The Morgan fingerprint density at radius 1 is 1.67 bits per heavy atom. The highest BCUT2D eigenvalue weighted by atomic mass is 16.5. The van der Waals surface area contributed by atoms with Gasteiger partial charge in [-0.25, -0.2) is 9.78 Å². The van der Waals surface area contributed by atoms with E-state index in [1.165, 1.54) is 6.20 Å². The van der Waals surface area contributed by atoms with Crippen LogP contribution in [0.4, 0.5) is 0 Å². The van der Waals surface area contributed by atoms with Crippen LogP contribution >= 0.6 is 0 Å². The van der Waals surface area contributed by atoms with Crippen LogP contribution in [0, 0.1) is 11.8 Å². The van der Waals surface area contributed by atoms with E-state index in [2.05, 4.69) is 16.8 Å². The first kappa shape index (κ1) is 11.2. The summed E-state index contributed by atoms with van der Waals surface area (Å²) in [5, 5.41) is 8.54. The van der Waals surface area contributed by atoms with Gasteiger partial charge < -0.3 is 9.84 Å². The van der Waals surface area contributed by atoms with Crippen molar-refractivity contribution in [3.63, 3.8) is 0 Å². The zero-order chi connectivity index (χ0) is 11.1. The second-order valence-corrected chi connectivity index (χ2v) is 2.58. The number of esters is 1. The molecule has 0 saturated heterocycles. The van der Waals surface area contributed by atoms with E-state index in [1.807, 2.05) is 0 Å². The van der Waals surface area contributed by atoms with Gasteiger partial charge in [0, 0.05) is 6.20 Å². The zero-order valence-electron chi connectivity index (χ0n) is 8.36. The van der Waals surface area contributed by atoms with Crippen molar-refractivity contribution in [2.45, 2.75) is 6.92 Å². The van der Waals surface area contributed by atoms with Gasteiger partial charge in [0.2, 0.25) is 0 Å². The average Bonchev–Trinajstić information content (AvgIpc) is 2.27. The lowest BCUT2D eigenvalue weighted by Gasteiger charge is -2.02. The van der Waals surface area contributed by atoms with Gasteiger partial charge in [0.1, 0.15) is 12.3 Å². The van der Waals surface area contributed by atoms with Gasteiger partial charge in [-0.3, -0.25) is 0 Å². The Labute approximate surface area is 87.9 Å². The molecule has 4 nitrogen and oxygen atoms in total. The van der Waals surface area contributed by atoms with Crippen LogP contribution in [-0.2, 0) is 4.74 Å². The SMILES string of the molecule is CCOC(=O)c1cccnc1C#CCO. The third kappa shape index (κ3) is 3.08. The standard InChI is InChI=1S/C11H11NO3/c1-2-15-11(14)9-5-3-7-12-10(9)6-4-8-13/h3,5,7,13H,2,8H2,1H3. The van der Waals surface area contributed by atoms with Crippen molar-refractivity contribution in [1.82, 2.24) is 4.98 Å². The molecule has 0 unspecified atom stereocenters. The number of carbonyl (C=O) groups is 1. The van der Waals surface area contributed by atoms with Crippen LogP contribution in [0.3, 0.4) is 0 Å². The average molecular weight is 205 g/mol. The highest BCUT2D eigenvalue weighted by molar-refractivity contribution is 5.91. The van der Waals surface area contributed by atoms with Crippen LogP contribution in [0.2, 0.25) is 0 Å². The van der Waals surface area contributed by atoms with Crippen molar-refractivity contribution >= 4 is 5.97 Å². The summed E-state index contributed by atoms with van der Waals surface area (Å²) < 4.78 is 4.84. The normalized spacial score (nSPS) is 8.93. The minimum absolute atomic E-state index is 0.265. The molecule has 0 bridgehead atoms. The summed E-state index contributed by atoms with van der Waals surface area (Å²) in [6.07, 6.45) is 1.53. The highest BCUT2D eigenvalue weighted by Crippen LogP contribution is 2.05. The van der Waals surface area contributed by atoms with Crippen LogP contribution in [-0.4, -0.2) is 29.3 Å². The molecule has 0 aliphatic heterocycles. The van der Waals surface area contributed by atoms with Crippen LogP contribution in [0.1, 0.15) is 23.0 Å². The second kappa shape index (κ2) is 5.78. The van der Waals surface area contributed by atoms with Crippen LogP contribution in [0.25, 0.3) is 0 Å². The largest absolute Gasteiger partial charge is 0.462 e. The van der Waals surface area contributed by atoms with Gasteiger partial charge in [0.25, 0.3) is 0 Å². The first-order valence-corrected chi connectivity index (χ1v) is 4.51. The summed E-state index contributed by atoms with van der Waals surface area (Å²) >= 11 is 0. The maximum Gasteiger partial charge on any atom is 0.341 e. The molecule has 0 radical (unpaired) electrons. The van der Waals surface area contributed by atoms with Crippen molar-refractivity contribution in [2.75, 3.05) is 13.2 Å². The van der Waals surface area contributed by atoms with E-state index in [9.17, 15) is 4.79 Å². The second-order valence-electron chi connectivity index (χ2n) is 2.58. The van der Waals surface area contributed by atoms with Crippen LogP contribution < -0.4 is 0 Å². The molecule has 0 amide bonds. The summed E-state index contributed by atoms with van der Waals surface area (Å²) in [4.78, 5) is 15.4. The number of ether oxygens (including phenoxy) is 1. The number of aliphatic hydroxyl groups is 1. The fourth-order valence-corrected chi connectivity index (χ4v) is 1.00. The lowest BCUT2D eigenvalue weighted by atomic mass is 10.2. The number of carbonyl (C=O) groups excluding carboxylic acids is 1. The van der Waals surface area contributed by atoms with Gasteiger partial charge >= 0.3 is 5.97 Å². The van der Waals surface area contributed by atoms with Crippen molar-refractivity contribution in [1.29, 1.82) is 0 Å². The van der Waals surface area contributed by atoms with E-state index in [0.29, 0.717) is 17.9 Å². The van der Waals surface area contributed by atoms with E-state index in [0.717, 1.165) is 0 Å². The summed E-state index contributed by atoms with van der Waals surface area (Å²) in [7, 11) is 0. The van der Waals surface area contributed by atoms with Gasteiger partial charge in [-0.15, -0.1) is 0 Å². The van der Waals surface area contributed by atoms with Gasteiger partial charge in [-0.2, -0.15) is 0 Å². The lowest BCUT2D eigenvalue weighted by molar-refractivity contribution is 0.0525. The molecule has 1 aromatic rings. The molecule has 0 aliphatic carbocycles. The quantitative estimate of drug-likeness (QED) is 0.567.